The van der Waals surface area contributed by atoms with Crippen LogP contribution in [0.2, 0.25) is 0 Å². The molecule has 6 aliphatic rings. The number of esters is 2. The van der Waals surface area contributed by atoms with Gasteiger partial charge in [0, 0.05) is 46.8 Å². The molecule has 7 rings (SSSR count). The number of aryl methyl sites for hydroxylation is 1. The first-order chi connectivity index (χ1) is 42.1. The van der Waals surface area contributed by atoms with E-state index >= 15 is 9.59 Å². The molecule has 10 atom stereocenters. The van der Waals surface area contributed by atoms with E-state index in [4.69, 9.17) is 24.6 Å². The molecule has 0 saturated carbocycles. The predicted octanol–water partition coefficient (Wildman–Crippen LogP) is 0.726. The Morgan fingerprint density at radius 1 is 0.611 bits per heavy atom. The van der Waals surface area contributed by atoms with E-state index in [2.05, 4.69) is 21.3 Å². The zero-order chi connectivity index (χ0) is 67.0. The van der Waals surface area contributed by atoms with E-state index in [-0.39, 0.29) is 53.9 Å². The molecule has 0 unspecified atom stereocenters. The summed E-state index contributed by atoms with van der Waals surface area (Å²) in [6.45, 7) is 18.4. The molecule has 1 aromatic rings. The molecular formula is C62H86N12O16. The molecule has 1 aromatic carbocycles. The van der Waals surface area contributed by atoms with Gasteiger partial charge < -0.3 is 70.3 Å². The number of rotatable bonds is 8. The standard InChI is InChI=1S/C62H86N12O16/c1-27(2)42-59(84)73-23-17-19-36(73)57(82)69(13)25-38(75)71(15)48(29(5)6)61(86)88-33(11)44(55(80)65-42)67-53(78)35-22-21-31(9)51-46(35)64-47-40(41(63)50(77)32(10)52(47)90-51)54(79)68-45-34(12)89-62(87)49(30(7)8)72(16)39(76)26-70(14)58(83)37-20-18-24-74(37)60(85)43(28(3)4)66-56(45)81/h21-22,27-30,33-34,36-37,42-45,48-49H,17-20,23-26,63H2,1-16H3,(H,65,80)(H,66,81)(H,67,78)(H,68,79)/t33-,34+,36-,37+,42-,43+,44+,45-,48-,49+/m1/s1. The summed E-state index contributed by atoms with van der Waals surface area (Å²) in [5, 5.41) is 10.7. The van der Waals surface area contributed by atoms with Gasteiger partial charge in [-0.25, -0.2) is 14.6 Å². The number of benzene rings is 2. The largest absolute Gasteiger partial charge is 0.458 e. The number of nitrogens with two attached hydrogens (primary N) is 1. The number of cyclic esters (lactones) is 2. The summed E-state index contributed by atoms with van der Waals surface area (Å²) < 4.78 is 18.3. The lowest BCUT2D eigenvalue weighted by Gasteiger charge is -2.36. The van der Waals surface area contributed by atoms with Crippen LogP contribution in [0.25, 0.3) is 22.6 Å². The van der Waals surface area contributed by atoms with Crippen molar-refractivity contribution in [2.45, 2.75) is 169 Å². The predicted molar refractivity (Wildman–Crippen MR) is 325 cm³/mol. The van der Waals surface area contributed by atoms with Crippen molar-refractivity contribution >= 4 is 87.8 Å². The molecule has 28 heteroatoms. The van der Waals surface area contributed by atoms with E-state index in [1.807, 2.05) is 0 Å². The van der Waals surface area contributed by atoms with Crippen LogP contribution in [0, 0.1) is 37.5 Å². The van der Waals surface area contributed by atoms with E-state index in [9.17, 15) is 52.7 Å². The van der Waals surface area contributed by atoms with Crippen LogP contribution in [-0.4, -0.2) is 220 Å². The molecule has 90 heavy (non-hydrogen) atoms. The van der Waals surface area contributed by atoms with Gasteiger partial charge in [-0.3, -0.25) is 52.7 Å². The van der Waals surface area contributed by atoms with Gasteiger partial charge in [-0.15, -0.1) is 0 Å². The zero-order valence-corrected chi connectivity index (χ0v) is 54.1. The SMILES string of the molecule is Cc1c2oc3c(C)ccc(C(=O)N[C@@H]4C(=O)N[C@H](C(C)C)C(=O)N5CCC[C@@H]5C(=O)N(C)CC(=O)N(C)[C@H](C(C)C)C(=O)O[C@@H]4C)c3nc-2c(C(=O)N[C@H]2C(=O)N[C@@H](C(C)C)C(=O)N3CCC[C@H]3C(=O)N(C)CC(=O)N(C)[C@@H](C(C)C)C(=O)O[C@H]2C)c(N)c1=O. The second kappa shape index (κ2) is 27.6. The molecule has 10 amide bonds. The third-order valence-electron chi connectivity index (χ3n) is 17.5. The van der Waals surface area contributed by atoms with Crippen LogP contribution in [-0.2, 0) is 57.4 Å². The molecule has 28 nitrogen and oxygen atoms in total. The Morgan fingerprint density at radius 3 is 1.44 bits per heavy atom. The second-order valence-corrected chi connectivity index (χ2v) is 25.5. The number of nitrogen functional groups attached to an aromatic ring is 1. The van der Waals surface area contributed by atoms with Gasteiger partial charge in [0.05, 0.1) is 29.9 Å². The van der Waals surface area contributed by atoms with Crippen molar-refractivity contribution in [3.63, 3.8) is 0 Å². The number of carbonyl (C=O) groups is 12. The normalized spacial score (nSPS) is 26.2. The van der Waals surface area contributed by atoms with Crippen LogP contribution >= 0.6 is 0 Å². The van der Waals surface area contributed by atoms with Crippen molar-refractivity contribution in [1.82, 2.24) is 55.7 Å². The molecule has 0 aromatic heterocycles. The molecule has 4 fully saturated rings. The fraction of sp³-hybridized carbons (Fsp3) is 0.613. The summed E-state index contributed by atoms with van der Waals surface area (Å²) in [5.41, 5.74) is 3.57. The topological polar surface area (TPSA) is 360 Å². The molecule has 0 spiro atoms. The smallest absolute Gasteiger partial charge is 0.329 e. The first-order valence-corrected chi connectivity index (χ1v) is 30.5. The molecule has 0 bridgehead atoms. The molecule has 5 aliphatic heterocycles. The quantitative estimate of drug-likeness (QED) is 0.118. The minimum atomic E-state index is -1.88. The fourth-order valence-electron chi connectivity index (χ4n) is 12.3. The van der Waals surface area contributed by atoms with Crippen LogP contribution in [0.4, 0.5) is 5.69 Å². The third-order valence-corrected chi connectivity index (χ3v) is 17.5. The summed E-state index contributed by atoms with van der Waals surface area (Å²) in [6, 6.07) is -7.90. The number of likely N-dealkylation sites (N-methyl/N-ethyl adjacent to an activating group) is 4. The van der Waals surface area contributed by atoms with Crippen molar-refractivity contribution in [2.75, 3.05) is 60.1 Å². The average molecular weight is 1260 g/mol. The lowest BCUT2D eigenvalue weighted by atomic mass is 9.98. The summed E-state index contributed by atoms with van der Waals surface area (Å²) >= 11 is 0. The number of hydrogen-bond donors (Lipinski definition) is 5. The van der Waals surface area contributed by atoms with E-state index < -0.39 is 191 Å². The van der Waals surface area contributed by atoms with Crippen LogP contribution in [0.5, 0.6) is 0 Å². The Kier molecular flexibility index (Phi) is 21.1. The molecule has 1 aliphatic carbocycles. The van der Waals surface area contributed by atoms with Crippen molar-refractivity contribution in [2.24, 2.45) is 23.7 Å². The van der Waals surface area contributed by atoms with Crippen molar-refractivity contribution in [1.29, 1.82) is 0 Å². The molecule has 0 radical (unpaired) electrons. The number of ether oxygens (including phenoxy) is 2. The van der Waals surface area contributed by atoms with E-state index in [1.54, 1.807) is 62.3 Å². The molecule has 6 N–H and O–H groups in total. The number of carbonyl (C=O) groups excluding carboxylic acids is 12. The highest BCUT2D eigenvalue weighted by Crippen LogP contribution is 2.35. The number of nitrogens with one attached hydrogen (secondary N) is 4. The van der Waals surface area contributed by atoms with Gasteiger partial charge in [0.25, 0.3) is 11.8 Å². The van der Waals surface area contributed by atoms with Crippen LogP contribution in [0.3, 0.4) is 0 Å². The van der Waals surface area contributed by atoms with E-state index in [0.717, 1.165) is 9.80 Å². The second-order valence-electron chi connectivity index (χ2n) is 25.5. The Hall–Kier alpha value is -8.72. The maximum absolute atomic E-state index is 15.2. The Balaban J connectivity index is 1.32. The van der Waals surface area contributed by atoms with Crippen LogP contribution in [0.15, 0.2) is 21.3 Å². The van der Waals surface area contributed by atoms with Gasteiger partial charge in [-0.2, -0.15) is 0 Å². The van der Waals surface area contributed by atoms with E-state index in [0.29, 0.717) is 18.4 Å². The Morgan fingerprint density at radius 2 is 1.03 bits per heavy atom. The Bertz CT molecular complexity index is 3420. The number of hydrogen-bond acceptors (Lipinski definition) is 18. The maximum atomic E-state index is 15.2. The first kappa shape index (κ1) is 68.8. The first-order valence-electron chi connectivity index (χ1n) is 30.5. The van der Waals surface area contributed by atoms with Gasteiger partial charge in [0.15, 0.2) is 11.3 Å². The third kappa shape index (κ3) is 13.7. The monoisotopic (exact) mass is 1250 g/mol. The van der Waals surface area contributed by atoms with Gasteiger partial charge in [-0.1, -0.05) is 61.5 Å². The van der Waals surface area contributed by atoms with Crippen LogP contribution < -0.4 is 32.4 Å². The number of nitrogens with zero attached hydrogens (tertiary/aromatic N) is 7. The highest BCUT2D eigenvalue weighted by molar-refractivity contribution is 6.10. The lowest BCUT2D eigenvalue weighted by Crippen LogP contribution is -2.61. The summed E-state index contributed by atoms with van der Waals surface area (Å²) in [7, 11) is 5.59. The number of aromatic nitrogens is 1. The molecule has 5 heterocycles. The van der Waals surface area contributed by atoms with Crippen molar-refractivity contribution in [3.05, 3.63) is 44.6 Å². The lowest BCUT2D eigenvalue weighted by molar-refractivity contribution is -0.163. The average Bonchev–Trinajstić information content (AvgIpc) is 0.893. The molecular weight excluding hydrogens is 1170 g/mol. The van der Waals surface area contributed by atoms with Gasteiger partial charge >= 0.3 is 11.9 Å². The van der Waals surface area contributed by atoms with Gasteiger partial charge in [0.2, 0.25) is 52.7 Å². The maximum Gasteiger partial charge on any atom is 0.329 e. The van der Waals surface area contributed by atoms with Crippen LogP contribution in [0.1, 0.15) is 127 Å². The Labute approximate surface area is 522 Å². The number of amides is 10. The van der Waals surface area contributed by atoms with Gasteiger partial charge in [-0.05, 0) is 88.7 Å². The fourth-order valence-corrected chi connectivity index (χ4v) is 12.3. The highest BCUT2D eigenvalue weighted by Gasteiger charge is 2.46. The summed E-state index contributed by atoms with van der Waals surface area (Å²) in [6.07, 6.45) is -1.65. The number of fused-ring (bicyclic) bond motifs is 4. The van der Waals surface area contributed by atoms with Crippen molar-refractivity contribution in [3.8, 4) is 11.5 Å². The minimum Gasteiger partial charge on any atom is -0.458 e. The molecule has 4 saturated heterocycles. The summed E-state index contributed by atoms with van der Waals surface area (Å²) in [5.74, 6) is -12.4. The number of anilines is 1. The van der Waals surface area contributed by atoms with E-state index in [1.165, 1.54) is 80.7 Å². The van der Waals surface area contributed by atoms with Crippen molar-refractivity contribution < 1.29 is 71.4 Å². The zero-order valence-electron chi connectivity index (χ0n) is 54.1. The minimum absolute atomic E-state index is 0.0763. The van der Waals surface area contributed by atoms with Gasteiger partial charge in [0.1, 0.15) is 71.8 Å². The highest BCUT2D eigenvalue weighted by atomic mass is 16.6. The molecule has 490 valence electrons. The summed E-state index contributed by atoms with van der Waals surface area (Å²) in [4.78, 5) is 199.